The van der Waals surface area contributed by atoms with Crippen LogP contribution in [0.4, 0.5) is 13.2 Å². The van der Waals surface area contributed by atoms with Gasteiger partial charge in [-0.25, -0.2) is 4.68 Å². The van der Waals surface area contributed by atoms with Gasteiger partial charge in [-0.05, 0) is 24.3 Å². The SMILES string of the molecule is N#Cc1cccc(-n2nc(C(F)(F)F)cc2C=O)c1. The topological polar surface area (TPSA) is 58.7 Å². The van der Waals surface area contributed by atoms with E-state index in [1.807, 2.05) is 6.07 Å². The Morgan fingerprint density at radius 2 is 2.05 bits per heavy atom. The molecule has 0 atom stereocenters. The summed E-state index contributed by atoms with van der Waals surface area (Å²) >= 11 is 0. The number of nitriles is 1. The average Bonchev–Trinajstić information content (AvgIpc) is 2.83. The lowest BCUT2D eigenvalue weighted by molar-refractivity contribution is -0.141. The summed E-state index contributed by atoms with van der Waals surface area (Å²) in [4.78, 5) is 10.8. The maximum absolute atomic E-state index is 12.5. The number of halogens is 3. The Balaban J connectivity index is 2.58. The molecule has 0 fully saturated rings. The molecule has 0 aliphatic carbocycles. The molecule has 2 aromatic rings. The maximum atomic E-state index is 12.5. The van der Waals surface area contributed by atoms with Crippen LogP contribution >= 0.6 is 0 Å². The Hall–Kier alpha value is -2.62. The quantitative estimate of drug-likeness (QED) is 0.784. The Kier molecular flexibility index (Phi) is 3.09. The van der Waals surface area contributed by atoms with E-state index in [-0.39, 0.29) is 23.2 Å². The van der Waals surface area contributed by atoms with Crippen LogP contribution in [0.5, 0.6) is 0 Å². The lowest BCUT2D eigenvalue weighted by Crippen LogP contribution is -2.07. The summed E-state index contributed by atoms with van der Waals surface area (Å²) in [6.07, 6.45) is -4.35. The van der Waals surface area contributed by atoms with Crippen molar-refractivity contribution in [1.82, 2.24) is 9.78 Å². The molecule has 19 heavy (non-hydrogen) atoms. The van der Waals surface area contributed by atoms with Crippen molar-refractivity contribution in [3.05, 3.63) is 47.3 Å². The fraction of sp³-hybridized carbons (Fsp3) is 0.0833. The molecule has 0 aliphatic heterocycles. The Labute approximate surface area is 105 Å². The monoisotopic (exact) mass is 265 g/mol. The van der Waals surface area contributed by atoms with Crippen molar-refractivity contribution >= 4 is 6.29 Å². The molecule has 0 aliphatic rings. The van der Waals surface area contributed by atoms with Crippen molar-refractivity contribution in [1.29, 1.82) is 5.26 Å². The van der Waals surface area contributed by atoms with Crippen molar-refractivity contribution in [2.75, 3.05) is 0 Å². The Bertz CT molecular complexity index is 668. The normalized spacial score (nSPS) is 11.1. The maximum Gasteiger partial charge on any atom is 0.435 e. The fourth-order valence-corrected chi connectivity index (χ4v) is 1.53. The van der Waals surface area contributed by atoms with Gasteiger partial charge in [-0.2, -0.15) is 23.5 Å². The van der Waals surface area contributed by atoms with E-state index in [1.54, 1.807) is 0 Å². The zero-order valence-electron chi connectivity index (χ0n) is 9.35. The second-order valence-corrected chi connectivity index (χ2v) is 3.64. The van der Waals surface area contributed by atoms with Gasteiger partial charge in [-0.3, -0.25) is 4.79 Å². The van der Waals surface area contributed by atoms with E-state index in [1.165, 1.54) is 24.3 Å². The molecule has 96 valence electrons. The molecule has 1 aromatic heterocycles. The summed E-state index contributed by atoms with van der Waals surface area (Å²) in [6, 6.07) is 8.32. The van der Waals surface area contributed by atoms with Gasteiger partial charge in [0.2, 0.25) is 0 Å². The van der Waals surface area contributed by atoms with E-state index in [0.29, 0.717) is 6.07 Å². The highest BCUT2D eigenvalue weighted by atomic mass is 19.4. The third-order valence-corrected chi connectivity index (χ3v) is 2.37. The molecule has 0 bridgehead atoms. The number of aldehydes is 1. The molecule has 2 rings (SSSR count). The van der Waals surface area contributed by atoms with E-state index in [0.717, 1.165) is 4.68 Å². The number of carbonyl (C=O) groups is 1. The standard InChI is InChI=1S/C12H6F3N3O/c13-12(14,15)11-5-10(7-19)18(17-11)9-3-1-2-8(4-9)6-16/h1-5,7H. The molecule has 0 spiro atoms. The summed E-state index contributed by atoms with van der Waals surface area (Å²) in [6.45, 7) is 0. The smallest absolute Gasteiger partial charge is 0.296 e. The first-order chi connectivity index (χ1) is 8.95. The minimum atomic E-state index is -4.63. The third kappa shape index (κ3) is 2.47. The number of nitrogens with zero attached hydrogens (tertiary/aromatic N) is 3. The Morgan fingerprint density at radius 1 is 1.32 bits per heavy atom. The molecule has 0 unspecified atom stereocenters. The molecule has 0 saturated carbocycles. The van der Waals surface area contributed by atoms with Crippen LogP contribution in [0, 0.1) is 11.3 Å². The third-order valence-electron chi connectivity index (χ3n) is 2.37. The van der Waals surface area contributed by atoms with Crippen molar-refractivity contribution in [3.8, 4) is 11.8 Å². The number of rotatable bonds is 2. The van der Waals surface area contributed by atoms with Gasteiger partial charge in [0.05, 0.1) is 17.3 Å². The molecule has 0 amide bonds. The zero-order chi connectivity index (χ0) is 14.0. The number of hydrogen-bond donors (Lipinski definition) is 0. The van der Waals surface area contributed by atoms with Crippen molar-refractivity contribution in [3.63, 3.8) is 0 Å². The van der Waals surface area contributed by atoms with Crippen LogP contribution in [0.3, 0.4) is 0 Å². The van der Waals surface area contributed by atoms with E-state index in [9.17, 15) is 18.0 Å². The van der Waals surface area contributed by atoms with E-state index >= 15 is 0 Å². The molecule has 0 N–H and O–H groups in total. The largest absolute Gasteiger partial charge is 0.435 e. The summed E-state index contributed by atoms with van der Waals surface area (Å²) < 4.78 is 38.5. The first kappa shape index (κ1) is 12.8. The fourth-order valence-electron chi connectivity index (χ4n) is 1.53. The second-order valence-electron chi connectivity index (χ2n) is 3.64. The van der Waals surface area contributed by atoms with Crippen LogP contribution in [0.15, 0.2) is 30.3 Å². The van der Waals surface area contributed by atoms with Gasteiger partial charge in [0.15, 0.2) is 12.0 Å². The van der Waals surface area contributed by atoms with E-state index < -0.39 is 11.9 Å². The molecule has 0 saturated heterocycles. The Morgan fingerprint density at radius 3 is 2.63 bits per heavy atom. The van der Waals surface area contributed by atoms with Gasteiger partial charge in [0.1, 0.15) is 5.69 Å². The summed E-state index contributed by atoms with van der Waals surface area (Å²) in [5.74, 6) is 0. The van der Waals surface area contributed by atoms with Crippen LogP contribution in [0.2, 0.25) is 0 Å². The van der Waals surface area contributed by atoms with Gasteiger partial charge in [0.25, 0.3) is 0 Å². The van der Waals surface area contributed by atoms with Crippen LogP contribution in [0.1, 0.15) is 21.7 Å². The lowest BCUT2D eigenvalue weighted by atomic mass is 10.2. The van der Waals surface area contributed by atoms with Gasteiger partial charge in [0, 0.05) is 0 Å². The highest BCUT2D eigenvalue weighted by Gasteiger charge is 2.35. The number of alkyl halides is 3. The summed E-state index contributed by atoms with van der Waals surface area (Å²) in [5.41, 5.74) is -0.908. The minimum Gasteiger partial charge on any atom is -0.296 e. The highest BCUT2D eigenvalue weighted by molar-refractivity contribution is 5.73. The van der Waals surface area contributed by atoms with Gasteiger partial charge in [-0.1, -0.05) is 6.07 Å². The summed E-state index contributed by atoms with van der Waals surface area (Å²) in [7, 11) is 0. The molecular weight excluding hydrogens is 259 g/mol. The molecule has 1 heterocycles. The van der Waals surface area contributed by atoms with Crippen LogP contribution in [0.25, 0.3) is 5.69 Å². The van der Waals surface area contributed by atoms with Gasteiger partial charge < -0.3 is 0 Å². The highest BCUT2D eigenvalue weighted by Crippen LogP contribution is 2.29. The summed E-state index contributed by atoms with van der Waals surface area (Å²) in [5, 5.41) is 12.1. The van der Waals surface area contributed by atoms with Crippen molar-refractivity contribution in [2.24, 2.45) is 0 Å². The molecule has 7 heteroatoms. The average molecular weight is 265 g/mol. The number of carbonyl (C=O) groups excluding carboxylic acids is 1. The zero-order valence-corrected chi connectivity index (χ0v) is 9.35. The van der Waals surface area contributed by atoms with Crippen molar-refractivity contribution < 1.29 is 18.0 Å². The molecule has 1 aromatic carbocycles. The second kappa shape index (κ2) is 4.57. The van der Waals surface area contributed by atoms with Crippen LogP contribution in [-0.4, -0.2) is 16.1 Å². The first-order valence-electron chi connectivity index (χ1n) is 5.08. The first-order valence-corrected chi connectivity index (χ1v) is 5.08. The molecule has 0 radical (unpaired) electrons. The predicted molar refractivity (Wildman–Crippen MR) is 58.7 cm³/mol. The van der Waals surface area contributed by atoms with E-state index in [2.05, 4.69) is 5.10 Å². The lowest BCUT2D eigenvalue weighted by Gasteiger charge is -2.04. The predicted octanol–water partition coefficient (Wildman–Crippen LogP) is 2.58. The van der Waals surface area contributed by atoms with E-state index in [4.69, 9.17) is 5.26 Å². The number of benzene rings is 1. The van der Waals surface area contributed by atoms with Crippen molar-refractivity contribution in [2.45, 2.75) is 6.18 Å². The van der Waals surface area contributed by atoms with Gasteiger partial charge in [-0.15, -0.1) is 0 Å². The van der Waals surface area contributed by atoms with Gasteiger partial charge >= 0.3 is 6.18 Å². The minimum absolute atomic E-state index is 0.219. The number of hydrogen-bond acceptors (Lipinski definition) is 3. The van der Waals surface area contributed by atoms with Crippen LogP contribution in [-0.2, 0) is 6.18 Å². The molecular formula is C12H6F3N3O. The number of aromatic nitrogens is 2. The molecule has 4 nitrogen and oxygen atoms in total. The van der Waals surface area contributed by atoms with Crippen LogP contribution < -0.4 is 0 Å².